The van der Waals surface area contributed by atoms with Gasteiger partial charge in [-0.15, -0.1) is 10.1 Å². The Balaban J connectivity index is 0. The Bertz CT molecular complexity index is 46.1. The Morgan fingerprint density at radius 2 is 2.00 bits per heavy atom. The normalized spacial score (nSPS) is 5.50. The van der Waals surface area contributed by atoms with Gasteiger partial charge in [-0.2, -0.15) is 4.39 Å². The van der Waals surface area contributed by atoms with Crippen molar-refractivity contribution in [3.63, 3.8) is 0 Å². The van der Waals surface area contributed by atoms with Crippen molar-refractivity contribution in [2.24, 2.45) is 0 Å². The van der Waals surface area contributed by atoms with Gasteiger partial charge in [0.05, 0.1) is 0 Å². The van der Waals surface area contributed by atoms with E-state index in [9.17, 15) is 0 Å². The van der Waals surface area contributed by atoms with Gasteiger partial charge in [-0.3, -0.25) is 0 Å². The van der Waals surface area contributed by atoms with Crippen molar-refractivity contribution in [2.75, 3.05) is 0 Å². The monoisotopic (exact) mass is 137 g/mol. The van der Waals surface area contributed by atoms with Crippen LogP contribution in [0, 0.1) is 10.1 Å². The first-order valence-electron chi connectivity index (χ1n) is 0.702. The molecule has 0 aromatic rings. The molecule has 0 radical (unpaired) electrons. The zero-order valence-electron chi connectivity index (χ0n) is 2.05. The predicted molar refractivity (Wildman–Crippen MR) is 21.1 cm³/mol. The van der Waals surface area contributed by atoms with Crippen molar-refractivity contribution in [1.82, 2.24) is 0 Å². The van der Waals surface area contributed by atoms with E-state index in [1.54, 1.807) is 0 Å². The van der Waals surface area contributed by atoms with Crippen LogP contribution in [0.15, 0.2) is 0 Å². The van der Waals surface area contributed by atoms with Crippen molar-refractivity contribution in [2.45, 2.75) is 0 Å². The van der Waals surface area contributed by atoms with E-state index >= 15 is 0 Å². The fourth-order valence-corrected chi connectivity index (χ4v) is 0. The van der Waals surface area contributed by atoms with Crippen LogP contribution in [-0.4, -0.2) is 56.5 Å². The molecule has 0 unspecified atom stereocenters. The summed E-state index contributed by atoms with van der Waals surface area (Å²) in [5.41, 5.74) is 0. The van der Waals surface area contributed by atoms with Gasteiger partial charge in [-0.05, 0) is 0 Å². The molecule has 0 aromatic carbocycles. The van der Waals surface area contributed by atoms with E-state index in [0.29, 0.717) is 0 Å². The van der Waals surface area contributed by atoms with E-state index in [1.807, 2.05) is 0 Å². The summed E-state index contributed by atoms with van der Waals surface area (Å²) in [4.78, 5) is 8.82. The van der Waals surface area contributed by atoms with Gasteiger partial charge in [-0.1, -0.05) is 0 Å². The predicted octanol–water partition coefficient (Wildman–Crippen LogP) is -0.300. The number of nitrogens with zero attached hydrogens (tertiary/aromatic N) is 1. The molecule has 32 valence electrons. The summed E-state index contributed by atoms with van der Waals surface area (Å²) in [7, 11) is 0. The summed E-state index contributed by atoms with van der Waals surface area (Å²) >= 11 is 4.14. The number of halogens is 1. The topological polar surface area (TPSA) is 52.4 Å². The van der Waals surface area contributed by atoms with E-state index < -0.39 is 5.09 Å². The minimum absolute atomic E-state index is 0. The van der Waals surface area contributed by atoms with Gasteiger partial charge >= 0.3 is 56.5 Å². The molecule has 0 saturated carbocycles. The van der Waals surface area contributed by atoms with Crippen LogP contribution in [0.25, 0.3) is 0 Å². The van der Waals surface area contributed by atoms with Crippen LogP contribution in [0.3, 0.4) is 0 Å². The molecular formula is HClKNO3. The molecule has 0 bridgehead atoms. The second-order valence-electron chi connectivity index (χ2n) is 0.293. The van der Waals surface area contributed by atoms with Crippen molar-refractivity contribution in [1.29, 1.82) is 0 Å². The Labute approximate surface area is 81.5 Å². The third-order valence-corrected chi connectivity index (χ3v) is 0.169. The van der Waals surface area contributed by atoms with Crippen molar-refractivity contribution < 1.29 is 9.48 Å². The molecule has 4 nitrogen and oxygen atoms in total. The van der Waals surface area contributed by atoms with E-state index in [4.69, 9.17) is 10.1 Å². The molecule has 0 aliphatic carbocycles. The maximum absolute atomic E-state index is 8.82. The van der Waals surface area contributed by atoms with Gasteiger partial charge < -0.3 is 0 Å². The van der Waals surface area contributed by atoms with Crippen LogP contribution in [-0.2, 0) is 4.39 Å². The Kier molecular flexibility index (Phi) is 10.4. The van der Waals surface area contributed by atoms with E-state index in [-0.39, 0.29) is 51.4 Å². The summed E-state index contributed by atoms with van der Waals surface area (Å²) in [6, 6.07) is 0. The van der Waals surface area contributed by atoms with Crippen molar-refractivity contribution in [3.05, 3.63) is 10.1 Å². The maximum atomic E-state index is 8.82. The first-order valence-corrected chi connectivity index (χ1v) is 1.01. The summed E-state index contributed by atoms with van der Waals surface area (Å²) in [6.07, 6.45) is 0. The third kappa shape index (κ3) is 8.93. The van der Waals surface area contributed by atoms with Crippen molar-refractivity contribution >= 4 is 63.3 Å². The molecule has 0 spiro atoms. The quantitative estimate of drug-likeness (QED) is 0.283. The summed E-state index contributed by atoms with van der Waals surface area (Å²) in [5, 5.41) is 7.71. The van der Waals surface area contributed by atoms with Gasteiger partial charge in [0.15, 0.2) is 0 Å². The van der Waals surface area contributed by atoms with Gasteiger partial charge in [-0.25, -0.2) is 0 Å². The third-order valence-electron chi connectivity index (χ3n) is 0.0563. The minimum atomic E-state index is -1.11. The van der Waals surface area contributed by atoms with Crippen molar-refractivity contribution in [3.8, 4) is 0 Å². The van der Waals surface area contributed by atoms with Crippen LogP contribution >= 0.6 is 11.9 Å². The van der Waals surface area contributed by atoms with Crippen LogP contribution < -0.4 is 0 Å². The summed E-state index contributed by atoms with van der Waals surface area (Å²) < 4.78 is 2.94. The molecule has 0 heterocycles. The molecular weight excluding hydrogens is 137 g/mol. The zero-order valence-corrected chi connectivity index (χ0v) is 2.81. The molecule has 0 saturated heterocycles. The van der Waals surface area contributed by atoms with Gasteiger partial charge in [0.25, 0.3) is 0 Å². The number of hydrogen-bond donors (Lipinski definition) is 0. The van der Waals surface area contributed by atoms with Crippen LogP contribution in [0.5, 0.6) is 0 Å². The fourth-order valence-electron chi connectivity index (χ4n) is 0. The van der Waals surface area contributed by atoms with Crippen LogP contribution in [0.1, 0.15) is 0 Å². The summed E-state index contributed by atoms with van der Waals surface area (Å²) in [5.74, 6) is 0. The molecule has 0 aromatic heterocycles. The molecule has 0 atom stereocenters. The average molecular weight is 138 g/mol. The molecule has 0 aliphatic rings. The zero-order chi connectivity index (χ0) is 4.28. The molecule has 0 fully saturated rings. The van der Waals surface area contributed by atoms with Gasteiger partial charge in [0, 0.05) is 0 Å². The molecule has 0 amide bonds. The molecule has 0 aliphatic heterocycles. The van der Waals surface area contributed by atoms with E-state index in [1.165, 1.54) is 0 Å². The molecule has 6 heteroatoms. The average Bonchev–Trinajstić information content (AvgIpc) is 1.38. The second-order valence-corrected chi connectivity index (χ2v) is 0.431. The first-order chi connectivity index (χ1) is 2.27. The standard InChI is InChI=1S/ClNO3.K.H/c1-5-2(3)4;;. The van der Waals surface area contributed by atoms with Gasteiger partial charge in [0.2, 0.25) is 0 Å². The molecule has 6 heavy (non-hydrogen) atoms. The molecule has 0 rings (SSSR count). The number of hydrogen-bond acceptors (Lipinski definition) is 3. The van der Waals surface area contributed by atoms with Crippen LogP contribution in [0.2, 0.25) is 0 Å². The second kappa shape index (κ2) is 6.13. The number of rotatable bonds is 1. The Hall–Kier alpha value is 1.13. The fraction of sp³-hybridized carbons (Fsp3) is 0. The Morgan fingerprint density at radius 3 is 2.00 bits per heavy atom. The van der Waals surface area contributed by atoms with Gasteiger partial charge in [0.1, 0.15) is 11.9 Å². The van der Waals surface area contributed by atoms with E-state index in [2.05, 4.69) is 16.3 Å². The molecule has 0 N–H and O–H groups in total. The first kappa shape index (κ1) is 10.2. The Morgan fingerprint density at radius 1 is 1.83 bits per heavy atom. The summed E-state index contributed by atoms with van der Waals surface area (Å²) in [6.45, 7) is 0. The SMILES string of the molecule is O=[N+]([O-])OCl.[KH]. The van der Waals surface area contributed by atoms with Crippen LogP contribution in [0.4, 0.5) is 0 Å². The van der Waals surface area contributed by atoms with E-state index in [0.717, 1.165) is 0 Å².